The Bertz CT molecular complexity index is 597. The van der Waals surface area contributed by atoms with E-state index in [4.69, 9.17) is 5.73 Å². The summed E-state index contributed by atoms with van der Waals surface area (Å²) >= 11 is 0. The van der Waals surface area contributed by atoms with Crippen LogP contribution >= 0.6 is 0 Å². The largest absolute Gasteiger partial charge is 0.398 e. The summed E-state index contributed by atoms with van der Waals surface area (Å²) in [7, 11) is 0. The van der Waals surface area contributed by atoms with Crippen LogP contribution in [-0.2, 0) is 0 Å². The minimum absolute atomic E-state index is 0.227. The first-order chi connectivity index (χ1) is 9.09. The number of nitrogens with two attached hydrogens (primary N) is 1. The average Bonchev–Trinajstić information content (AvgIpc) is 2.39. The third kappa shape index (κ3) is 2.90. The van der Waals surface area contributed by atoms with E-state index in [1.54, 1.807) is 42.5 Å². The minimum atomic E-state index is -1.65. The van der Waals surface area contributed by atoms with Crippen LogP contribution in [0, 0.1) is 0 Å². The van der Waals surface area contributed by atoms with Crippen molar-refractivity contribution in [3.05, 3.63) is 59.7 Å². The molecule has 5 N–H and O–H groups in total. The third-order valence-corrected chi connectivity index (χ3v) is 2.69. The average molecular weight is 258 g/mol. The van der Waals surface area contributed by atoms with Crippen molar-refractivity contribution in [2.24, 2.45) is 0 Å². The number of carbonyl (C=O) groups excluding carboxylic acids is 1. The standard InChI is InChI=1S/C14H14N2O3/c15-11-7-3-1-5-9(11)13(17)16-12-8-4-2-6-10(12)14(18)19/h1-8,14,18-19H,15H2,(H,16,17). The Balaban J connectivity index is 2.27. The van der Waals surface area contributed by atoms with Crippen LogP contribution in [0.2, 0.25) is 0 Å². The van der Waals surface area contributed by atoms with E-state index in [-0.39, 0.29) is 5.56 Å². The summed E-state index contributed by atoms with van der Waals surface area (Å²) in [6.45, 7) is 0. The zero-order valence-corrected chi connectivity index (χ0v) is 10.1. The van der Waals surface area contributed by atoms with Crippen molar-refractivity contribution in [1.82, 2.24) is 0 Å². The summed E-state index contributed by atoms with van der Waals surface area (Å²) in [5.74, 6) is -0.397. The first-order valence-electron chi connectivity index (χ1n) is 5.70. The van der Waals surface area contributed by atoms with Crippen LogP contribution in [0.25, 0.3) is 0 Å². The maximum atomic E-state index is 12.1. The van der Waals surface area contributed by atoms with Crippen molar-refractivity contribution in [1.29, 1.82) is 0 Å². The molecule has 2 rings (SSSR count). The van der Waals surface area contributed by atoms with E-state index in [1.165, 1.54) is 6.07 Å². The molecule has 1 amide bonds. The maximum Gasteiger partial charge on any atom is 0.257 e. The molecule has 0 aromatic heterocycles. The lowest BCUT2D eigenvalue weighted by Gasteiger charge is -2.12. The number of hydrogen-bond donors (Lipinski definition) is 4. The molecule has 0 heterocycles. The van der Waals surface area contributed by atoms with Crippen LogP contribution in [-0.4, -0.2) is 16.1 Å². The van der Waals surface area contributed by atoms with E-state index in [1.807, 2.05) is 0 Å². The molecule has 0 aliphatic rings. The molecule has 0 bridgehead atoms. The van der Waals surface area contributed by atoms with Crippen LogP contribution in [0.15, 0.2) is 48.5 Å². The van der Waals surface area contributed by atoms with Crippen molar-refractivity contribution >= 4 is 17.3 Å². The van der Waals surface area contributed by atoms with Crippen molar-refractivity contribution in [3.8, 4) is 0 Å². The Kier molecular flexibility index (Phi) is 3.79. The van der Waals surface area contributed by atoms with Gasteiger partial charge in [-0.3, -0.25) is 4.79 Å². The van der Waals surface area contributed by atoms with Gasteiger partial charge in [-0.15, -0.1) is 0 Å². The Morgan fingerprint density at radius 3 is 2.37 bits per heavy atom. The second kappa shape index (κ2) is 5.51. The fourth-order valence-electron chi connectivity index (χ4n) is 1.73. The molecule has 5 heteroatoms. The Morgan fingerprint density at radius 1 is 1.05 bits per heavy atom. The Morgan fingerprint density at radius 2 is 1.68 bits per heavy atom. The SMILES string of the molecule is Nc1ccccc1C(=O)Nc1ccccc1C(O)O. The van der Waals surface area contributed by atoms with Gasteiger partial charge in [0.15, 0.2) is 6.29 Å². The van der Waals surface area contributed by atoms with Gasteiger partial charge in [0.1, 0.15) is 0 Å². The van der Waals surface area contributed by atoms with Crippen LogP contribution in [0.1, 0.15) is 22.2 Å². The molecule has 0 saturated carbocycles. The number of aliphatic hydroxyl groups is 2. The molecular weight excluding hydrogens is 244 g/mol. The van der Waals surface area contributed by atoms with E-state index in [9.17, 15) is 15.0 Å². The first-order valence-corrected chi connectivity index (χ1v) is 5.70. The number of para-hydroxylation sites is 2. The van der Waals surface area contributed by atoms with Crippen molar-refractivity contribution in [2.45, 2.75) is 6.29 Å². The Hall–Kier alpha value is -2.37. The number of hydrogen-bond acceptors (Lipinski definition) is 4. The van der Waals surface area contributed by atoms with Crippen LogP contribution in [0.3, 0.4) is 0 Å². The number of rotatable bonds is 3. The summed E-state index contributed by atoms with van der Waals surface area (Å²) in [5, 5.41) is 21.1. The highest BCUT2D eigenvalue weighted by Crippen LogP contribution is 2.22. The van der Waals surface area contributed by atoms with Gasteiger partial charge in [0.2, 0.25) is 0 Å². The zero-order valence-electron chi connectivity index (χ0n) is 10.1. The fourth-order valence-corrected chi connectivity index (χ4v) is 1.73. The lowest BCUT2D eigenvalue weighted by molar-refractivity contribution is -0.0418. The van der Waals surface area contributed by atoms with Crippen LogP contribution in [0.5, 0.6) is 0 Å². The molecule has 0 atom stereocenters. The molecule has 0 radical (unpaired) electrons. The van der Waals surface area contributed by atoms with Gasteiger partial charge >= 0.3 is 0 Å². The van der Waals surface area contributed by atoms with Gasteiger partial charge in [0.25, 0.3) is 5.91 Å². The summed E-state index contributed by atoms with van der Waals surface area (Å²) in [4.78, 5) is 12.1. The second-order valence-corrected chi connectivity index (χ2v) is 4.00. The van der Waals surface area contributed by atoms with Crippen molar-refractivity contribution < 1.29 is 15.0 Å². The predicted octanol–water partition coefficient (Wildman–Crippen LogP) is 1.50. The van der Waals surface area contributed by atoms with E-state index in [0.29, 0.717) is 16.9 Å². The quantitative estimate of drug-likeness (QED) is 0.495. The van der Waals surface area contributed by atoms with E-state index in [2.05, 4.69) is 5.32 Å². The third-order valence-electron chi connectivity index (χ3n) is 2.69. The number of amides is 1. The minimum Gasteiger partial charge on any atom is -0.398 e. The van der Waals surface area contributed by atoms with Gasteiger partial charge in [0.05, 0.1) is 5.56 Å². The number of carbonyl (C=O) groups is 1. The molecule has 0 aliphatic carbocycles. The normalized spacial score (nSPS) is 10.5. The van der Waals surface area contributed by atoms with Gasteiger partial charge in [-0.2, -0.15) is 0 Å². The molecule has 2 aromatic carbocycles. The lowest BCUT2D eigenvalue weighted by Crippen LogP contribution is -2.15. The highest BCUT2D eigenvalue weighted by Gasteiger charge is 2.13. The molecule has 0 fully saturated rings. The van der Waals surface area contributed by atoms with Gasteiger partial charge in [-0.25, -0.2) is 0 Å². The fraction of sp³-hybridized carbons (Fsp3) is 0.0714. The van der Waals surface area contributed by atoms with E-state index < -0.39 is 12.2 Å². The second-order valence-electron chi connectivity index (χ2n) is 4.00. The highest BCUT2D eigenvalue weighted by molar-refractivity contribution is 6.08. The lowest BCUT2D eigenvalue weighted by atomic mass is 10.1. The molecule has 2 aromatic rings. The number of nitrogen functional groups attached to an aromatic ring is 1. The highest BCUT2D eigenvalue weighted by atomic mass is 16.5. The summed E-state index contributed by atoms with van der Waals surface area (Å²) in [5.41, 5.74) is 6.98. The molecule has 0 spiro atoms. The molecule has 0 saturated heterocycles. The summed E-state index contributed by atoms with van der Waals surface area (Å²) in [6, 6.07) is 13.1. The Labute approximate surface area is 110 Å². The first kappa shape index (κ1) is 13.1. The number of nitrogens with one attached hydrogen (secondary N) is 1. The van der Waals surface area contributed by atoms with Gasteiger partial charge in [-0.1, -0.05) is 30.3 Å². The predicted molar refractivity (Wildman–Crippen MR) is 72.4 cm³/mol. The van der Waals surface area contributed by atoms with Gasteiger partial charge < -0.3 is 21.3 Å². The monoisotopic (exact) mass is 258 g/mol. The number of anilines is 2. The zero-order chi connectivity index (χ0) is 13.8. The number of benzene rings is 2. The van der Waals surface area contributed by atoms with E-state index >= 15 is 0 Å². The molecule has 0 aliphatic heterocycles. The molecule has 0 unspecified atom stereocenters. The maximum absolute atomic E-state index is 12.1. The smallest absolute Gasteiger partial charge is 0.257 e. The number of aliphatic hydroxyl groups excluding tert-OH is 1. The topological polar surface area (TPSA) is 95.6 Å². The molecule has 5 nitrogen and oxygen atoms in total. The van der Waals surface area contributed by atoms with Crippen LogP contribution in [0.4, 0.5) is 11.4 Å². The van der Waals surface area contributed by atoms with E-state index in [0.717, 1.165) is 0 Å². The molecular formula is C14H14N2O3. The van der Waals surface area contributed by atoms with Crippen molar-refractivity contribution in [2.75, 3.05) is 11.1 Å². The summed E-state index contributed by atoms with van der Waals surface area (Å²) < 4.78 is 0. The molecule has 98 valence electrons. The van der Waals surface area contributed by atoms with Crippen LogP contribution < -0.4 is 11.1 Å². The summed E-state index contributed by atoms with van der Waals surface area (Å²) in [6.07, 6.45) is -1.65. The molecule has 19 heavy (non-hydrogen) atoms. The van der Waals surface area contributed by atoms with Gasteiger partial charge in [0, 0.05) is 16.9 Å². The van der Waals surface area contributed by atoms with Gasteiger partial charge in [-0.05, 0) is 18.2 Å². The van der Waals surface area contributed by atoms with Crippen molar-refractivity contribution in [3.63, 3.8) is 0 Å².